The summed E-state index contributed by atoms with van der Waals surface area (Å²) in [6, 6.07) is 54.4. The molecule has 0 amide bonds. The Labute approximate surface area is 256 Å². The van der Waals surface area contributed by atoms with E-state index in [1.165, 1.54) is 33.4 Å². The molecule has 5 aromatic rings. The summed E-state index contributed by atoms with van der Waals surface area (Å²) in [6.07, 6.45) is 11.8. The lowest BCUT2D eigenvalue weighted by Crippen LogP contribution is -2.39. The van der Waals surface area contributed by atoms with Gasteiger partial charge in [-0.1, -0.05) is 175 Å². The maximum Gasteiger partial charge on any atom is 0.109 e. The Kier molecular flexibility index (Phi) is 8.63. The van der Waals surface area contributed by atoms with Crippen LogP contribution in [0.3, 0.4) is 0 Å². The minimum atomic E-state index is -0.582. The van der Waals surface area contributed by atoms with Gasteiger partial charge in [-0.3, -0.25) is 0 Å². The monoisotopic (exact) mass is 558 g/mol. The molecule has 1 heteroatoms. The highest BCUT2D eigenvalue weighted by Gasteiger charge is 2.46. The highest BCUT2D eigenvalue weighted by atomic mass is 16.5. The molecule has 0 saturated heterocycles. The second-order valence-electron chi connectivity index (χ2n) is 11.3. The highest BCUT2D eigenvalue weighted by molar-refractivity contribution is 5.57. The fourth-order valence-electron chi connectivity index (χ4n) is 6.71. The van der Waals surface area contributed by atoms with E-state index in [1.54, 1.807) is 0 Å². The zero-order valence-corrected chi connectivity index (χ0v) is 24.7. The van der Waals surface area contributed by atoms with Gasteiger partial charge in [-0.05, 0) is 46.9 Å². The van der Waals surface area contributed by atoms with Crippen LogP contribution in [0.5, 0.6) is 0 Å². The smallest absolute Gasteiger partial charge is 0.109 e. The summed E-state index contributed by atoms with van der Waals surface area (Å²) in [4.78, 5) is 0. The van der Waals surface area contributed by atoms with Gasteiger partial charge in [0.15, 0.2) is 0 Å². The molecule has 0 radical (unpaired) electrons. The van der Waals surface area contributed by atoms with Gasteiger partial charge >= 0.3 is 0 Å². The maximum absolute atomic E-state index is 6.87. The van der Waals surface area contributed by atoms with Crippen LogP contribution in [-0.2, 0) is 16.8 Å². The average molecular weight is 559 g/mol. The van der Waals surface area contributed by atoms with E-state index in [1.807, 2.05) is 6.07 Å². The van der Waals surface area contributed by atoms with Crippen molar-refractivity contribution in [3.05, 3.63) is 215 Å². The van der Waals surface area contributed by atoms with Crippen LogP contribution in [0.15, 0.2) is 188 Å². The lowest BCUT2D eigenvalue weighted by molar-refractivity contribution is 0.0153. The van der Waals surface area contributed by atoms with E-state index in [2.05, 4.69) is 183 Å². The summed E-state index contributed by atoms with van der Waals surface area (Å²) in [5.74, 6) is 0.00485. The molecular formula is C42H38O. The van der Waals surface area contributed by atoms with Crippen LogP contribution in [0.4, 0.5) is 0 Å². The quantitative estimate of drug-likeness (QED) is 0.155. The molecular weight excluding hydrogens is 520 g/mol. The van der Waals surface area contributed by atoms with Gasteiger partial charge in [-0.15, -0.1) is 0 Å². The summed E-state index contributed by atoms with van der Waals surface area (Å²) >= 11 is 0. The van der Waals surface area contributed by atoms with Crippen molar-refractivity contribution in [1.82, 2.24) is 0 Å². The standard InChI is InChI=1S/C42H38O/c1-34(32-41(30-18-7-19-31-41)43-33-35-20-8-2-9-21-35)42(38-26-14-5-15-27-38,39-28-16-6-17-29-39)40(36-22-10-3-11-23-36)37-24-12-4-13-25-37/h2-30,32,40H,31,33H2,1H3. The molecule has 0 aromatic heterocycles. The lowest BCUT2D eigenvalue weighted by Gasteiger charge is -2.45. The Bertz CT molecular complexity index is 1590. The van der Waals surface area contributed by atoms with E-state index in [-0.39, 0.29) is 5.92 Å². The minimum absolute atomic E-state index is 0.00485. The predicted octanol–water partition coefficient (Wildman–Crippen LogP) is 10.2. The third-order valence-electron chi connectivity index (χ3n) is 8.65. The van der Waals surface area contributed by atoms with Crippen LogP contribution in [0.25, 0.3) is 0 Å². The molecule has 1 aliphatic carbocycles. The molecule has 0 spiro atoms. The van der Waals surface area contributed by atoms with Gasteiger partial charge in [-0.2, -0.15) is 0 Å². The zero-order valence-electron chi connectivity index (χ0n) is 24.7. The van der Waals surface area contributed by atoms with Gasteiger partial charge in [-0.25, -0.2) is 0 Å². The number of hydrogen-bond donors (Lipinski definition) is 0. The van der Waals surface area contributed by atoms with Crippen LogP contribution in [-0.4, -0.2) is 5.60 Å². The molecule has 212 valence electrons. The maximum atomic E-state index is 6.87. The fourth-order valence-corrected chi connectivity index (χ4v) is 6.71. The van der Waals surface area contributed by atoms with Crippen molar-refractivity contribution in [2.45, 2.75) is 36.9 Å². The first-order valence-corrected chi connectivity index (χ1v) is 15.1. The SMILES string of the molecule is CC(=CC1(OCc2ccccc2)C=CC=CC1)C(c1ccccc1)(c1ccccc1)C(c1ccccc1)c1ccccc1. The van der Waals surface area contributed by atoms with Crippen molar-refractivity contribution in [2.75, 3.05) is 0 Å². The number of rotatable bonds is 10. The normalized spacial score (nSPS) is 16.8. The Hall–Kier alpha value is -4.72. The molecule has 1 atom stereocenters. The summed E-state index contributed by atoms with van der Waals surface area (Å²) in [6.45, 7) is 2.84. The summed E-state index contributed by atoms with van der Waals surface area (Å²) < 4.78 is 6.87. The van der Waals surface area contributed by atoms with Crippen molar-refractivity contribution >= 4 is 0 Å². The van der Waals surface area contributed by atoms with E-state index in [0.717, 1.165) is 6.42 Å². The molecule has 1 nitrogen and oxygen atoms in total. The van der Waals surface area contributed by atoms with E-state index < -0.39 is 11.0 Å². The third kappa shape index (κ3) is 5.95. The molecule has 0 heterocycles. The summed E-state index contributed by atoms with van der Waals surface area (Å²) in [7, 11) is 0. The van der Waals surface area contributed by atoms with Crippen LogP contribution >= 0.6 is 0 Å². The van der Waals surface area contributed by atoms with Crippen LogP contribution in [0.2, 0.25) is 0 Å². The molecule has 1 aliphatic rings. The fraction of sp³-hybridized carbons (Fsp3) is 0.143. The van der Waals surface area contributed by atoms with Crippen molar-refractivity contribution in [1.29, 1.82) is 0 Å². The first kappa shape index (κ1) is 28.4. The molecule has 0 bridgehead atoms. The Morgan fingerprint density at radius 2 is 1.12 bits per heavy atom. The highest BCUT2D eigenvalue weighted by Crippen LogP contribution is 2.53. The first-order chi connectivity index (χ1) is 21.2. The third-order valence-corrected chi connectivity index (χ3v) is 8.65. The predicted molar refractivity (Wildman–Crippen MR) is 179 cm³/mol. The van der Waals surface area contributed by atoms with Gasteiger partial charge in [0.25, 0.3) is 0 Å². The van der Waals surface area contributed by atoms with E-state index in [4.69, 9.17) is 4.74 Å². The van der Waals surface area contributed by atoms with Crippen LogP contribution in [0, 0.1) is 0 Å². The Morgan fingerprint density at radius 3 is 1.58 bits per heavy atom. The van der Waals surface area contributed by atoms with E-state index in [0.29, 0.717) is 6.61 Å². The van der Waals surface area contributed by atoms with Gasteiger partial charge < -0.3 is 4.74 Å². The second kappa shape index (κ2) is 13.1. The van der Waals surface area contributed by atoms with Gasteiger partial charge in [0.1, 0.15) is 5.60 Å². The van der Waals surface area contributed by atoms with Crippen molar-refractivity contribution < 1.29 is 4.74 Å². The van der Waals surface area contributed by atoms with E-state index in [9.17, 15) is 0 Å². The second-order valence-corrected chi connectivity index (χ2v) is 11.3. The average Bonchev–Trinajstić information content (AvgIpc) is 3.09. The first-order valence-electron chi connectivity index (χ1n) is 15.1. The van der Waals surface area contributed by atoms with Crippen LogP contribution in [0.1, 0.15) is 47.1 Å². The molecule has 0 N–H and O–H groups in total. The summed E-state index contributed by atoms with van der Waals surface area (Å²) in [5.41, 5.74) is 6.35. The molecule has 0 fully saturated rings. The number of benzene rings is 5. The molecule has 1 unspecified atom stereocenters. The summed E-state index contributed by atoms with van der Waals surface area (Å²) in [5, 5.41) is 0. The zero-order chi connectivity index (χ0) is 29.4. The van der Waals surface area contributed by atoms with Crippen molar-refractivity contribution in [3.8, 4) is 0 Å². The molecule has 5 aromatic carbocycles. The number of ether oxygens (including phenoxy) is 1. The molecule has 6 rings (SSSR count). The minimum Gasteiger partial charge on any atom is -0.362 e. The topological polar surface area (TPSA) is 9.23 Å². The van der Waals surface area contributed by atoms with Crippen LogP contribution < -0.4 is 0 Å². The largest absolute Gasteiger partial charge is 0.362 e. The lowest BCUT2D eigenvalue weighted by atomic mass is 9.57. The number of allylic oxidation sites excluding steroid dienone is 3. The molecule has 0 saturated carbocycles. The van der Waals surface area contributed by atoms with Crippen molar-refractivity contribution in [3.63, 3.8) is 0 Å². The van der Waals surface area contributed by atoms with Gasteiger partial charge in [0.2, 0.25) is 0 Å². The number of hydrogen-bond acceptors (Lipinski definition) is 1. The van der Waals surface area contributed by atoms with Gasteiger partial charge in [0, 0.05) is 12.3 Å². The Balaban J connectivity index is 1.63. The molecule has 0 aliphatic heterocycles. The molecule has 43 heavy (non-hydrogen) atoms. The van der Waals surface area contributed by atoms with E-state index >= 15 is 0 Å². The van der Waals surface area contributed by atoms with Crippen molar-refractivity contribution in [2.24, 2.45) is 0 Å². The van der Waals surface area contributed by atoms with Gasteiger partial charge in [0.05, 0.1) is 12.0 Å². The Morgan fingerprint density at radius 1 is 0.651 bits per heavy atom.